The summed E-state index contributed by atoms with van der Waals surface area (Å²) in [6.07, 6.45) is -1.08. The van der Waals surface area contributed by atoms with Gasteiger partial charge >= 0.3 is 0 Å². The van der Waals surface area contributed by atoms with E-state index in [2.05, 4.69) is 4.99 Å². The second-order valence-corrected chi connectivity index (χ2v) is 2.70. The molecule has 4 heteroatoms. The Hall–Kier alpha value is -1.42. The smallest absolute Gasteiger partial charge is 0.173 e. The van der Waals surface area contributed by atoms with E-state index in [-0.39, 0.29) is 5.84 Å². The van der Waals surface area contributed by atoms with Crippen molar-refractivity contribution >= 4 is 5.84 Å². The van der Waals surface area contributed by atoms with Crippen LogP contribution in [-0.2, 0) is 0 Å². The topological polar surface area (TPSA) is 58.6 Å². The molecule has 1 unspecified atom stereocenters. The summed E-state index contributed by atoms with van der Waals surface area (Å²) in [5.74, 6) is -0.141. The number of aliphatic imine (C=N–C) groups is 1. The summed E-state index contributed by atoms with van der Waals surface area (Å²) in [6.45, 7) is 1.56. The van der Waals surface area contributed by atoms with E-state index in [0.717, 1.165) is 0 Å². The van der Waals surface area contributed by atoms with E-state index >= 15 is 0 Å². The van der Waals surface area contributed by atoms with Crippen LogP contribution in [0.4, 0.5) is 4.39 Å². The minimum Gasteiger partial charge on any atom is -0.388 e. The van der Waals surface area contributed by atoms with E-state index in [1.165, 1.54) is 18.2 Å². The molecule has 70 valence electrons. The van der Waals surface area contributed by atoms with Gasteiger partial charge in [0.2, 0.25) is 0 Å². The number of hydrogen-bond donors (Lipinski definition) is 2. The van der Waals surface area contributed by atoms with Crippen molar-refractivity contribution in [1.82, 2.24) is 0 Å². The number of amidine groups is 1. The number of rotatable bonds is 2. The van der Waals surface area contributed by atoms with Crippen molar-refractivity contribution in [2.24, 2.45) is 10.7 Å². The first kappa shape index (κ1) is 9.67. The van der Waals surface area contributed by atoms with Crippen LogP contribution in [0.25, 0.3) is 0 Å². The van der Waals surface area contributed by atoms with Crippen LogP contribution in [-0.4, -0.2) is 10.9 Å². The molecule has 3 N–H and O–H groups in total. The van der Waals surface area contributed by atoms with Crippen molar-refractivity contribution in [3.8, 4) is 0 Å². The SMILES string of the molecule is CC(N)=NC(O)c1cccc(F)c1. The summed E-state index contributed by atoms with van der Waals surface area (Å²) < 4.78 is 12.7. The quantitative estimate of drug-likeness (QED) is 0.533. The van der Waals surface area contributed by atoms with Crippen LogP contribution in [0.2, 0.25) is 0 Å². The zero-order valence-corrected chi connectivity index (χ0v) is 7.24. The molecule has 0 aliphatic rings. The first-order valence-electron chi connectivity index (χ1n) is 3.83. The van der Waals surface area contributed by atoms with Gasteiger partial charge in [0.1, 0.15) is 5.82 Å². The number of nitrogens with zero attached hydrogens (tertiary/aromatic N) is 1. The molecule has 1 aromatic carbocycles. The molecule has 1 rings (SSSR count). The molecule has 0 fully saturated rings. The Morgan fingerprint density at radius 1 is 1.62 bits per heavy atom. The Morgan fingerprint density at radius 3 is 2.85 bits per heavy atom. The number of nitrogens with two attached hydrogens (primary N) is 1. The molecule has 1 atom stereocenters. The maximum Gasteiger partial charge on any atom is 0.173 e. The van der Waals surface area contributed by atoms with E-state index < -0.39 is 12.0 Å². The van der Waals surface area contributed by atoms with Gasteiger partial charge in [-0.05, 0) is 19.1 Å². The average Bonchev–Trinajstić information content (AvgIpc) is 2.03. The first-order valence-corrected chi connectivity index (χ1v) is 3.83. The Labute approximate surface area is 75.7 Å². The summed E-state index contributed by atoms with van der Waals surface area (Å²) in [6, 6.07) is 5.61. The van der Waals surface area contributed by atoms with Crippen LogP contribution in [0.3, 0.4) is 0 Å². The van der Waals surface area contributed by atoms with Crippen LogP contribution >= 0.6 is 0 Å². The van der Waals surface area contributed by atoms with Gasteiger partial charge in [0.15, 0.2) is 6.23 Å². The summed E-state index contributed by atoms with van der Waals surface area (Å²) in [7, 11) is 0. The number of benzene rings is 1. The molecule has 0 aliphatic heterocycles. The minimum atomic E-state index is -1.08. The van der Waals surface area contributed by atoms with Crippen molar-refractivity contribution in [2.75, 3.05) is 0 Å². The van der Waals surface area contributed by atoms with Crippen molar-refractivity contribution in [2.45, 2.75) is 13.2 Å². The third kappa shape index (κ3) is 2.83. The molecule has 0 spiro atoms. The van der Waals surface area contributed by atoms with Crippen LogP contribution < -0.4 is 5.73 Å². The van der Waals surface area contributed by atoms with E-state index in [0.29, 0.717) is 5.56 Å². The Morgan fingerprint density at radius 2 is 2.31 bits per heavy atom. The lowest BCUT2D eigenvalue weighted by molar-refractivity contribution is 0.188. The summed E-state index contributed by atoms with van der Waals surface area (Å²) in [5, 5.41) is 9.38. The monoisotopic (exact) mass is 182 g/mol. The van der Waals surface area contributed by atoms with E-state index in [1.807, 2.05) is 0 Å². The molecular weight excluding hydrogens is 171 g/mol. The molecule has 3 nitrogen and oxygen atoms in total. The highest BCUT2D eigenvalue weighted by Gasteiger charge is 2.05. The van der Waals surface area contributed by atoms with Crippen molar-refractivity contribution < 1.29 is 9.50 Å². The predicted octanol–water partition coefficient (Wildman–Crippen LogP) is 1.19. The Kier molecular flexibility index (Phi) is 2.97. The minimum absolute atomic E-state index is 0.261. The molecule has 0 aliphatic carbocycles. The molecule has 0 radical (unpaired) electrons. The van der Waals surface area contributed by atoms with Crippen molar-refractivity contribution in [3.05, 3.63) is 35.6 Å². The second-order valence-electron chi connectivity index (χ2n) is 2.70. The second kappa shape index (κ2) is 4.00. The lowest BCUT2D eigenvalue weighted by atomic mass is 10.2. The fraction of sp³-hybridized carbons (Fsp3) is 0.222. The average molecular weight is 182 g/mol. The molecule has 0 bridgehead atoms. The van der Waals surface area contributed by atoms with Gasteiger partial charge in [0, 0.05) is 5.56 Å². The van der Waals surface area contributed by atoms with Crippen LogP contribution in [0.15, 0.2) is 29.3 Å². The van der Waals surface area contributed by atoms with Crippen molar-refractivity contribution in [1.29, 1.82) is 0 Å². The standard InChI is InChI=1S/C9H11FN2O/c1-6(11)12-9(13)7-3-2-4-8(10)5-7/h2-5,9,13H,1H3,(H2,11,12). The maximum atomic E-state index is 12.7. The third-order valence-electron chi connectivity index (χ3n) is 1.47. The van der Waals surface area contributed by atoms with Gasteiger partial charge in [-0.2, -0.15) is 0 Å². The first-order chi connectivity index (χ1) is 6.09. The molecule has 0 saturated carbocycles. The van der Waals surface area contributed by atoms with Crippen molar-refractivity contribution in [3.63, 3.8) is 0 Å². The zero-order valence-electron chi connectivity index (χ0n) is 7.24. The fourth-order valence-electron chi connectivity index (χ4n) is 0.935. The van der Waals surface area contributed by atoms with Gasteiger partial charge in [0.25, 0.3) is 0 Å². The van der Waals surface area contributed by atoms with E-state index in [9.17, 15) is 9.50 Å². The van der Waals surface area contributed by atoms with Gasteiger partial charge in [-0.15, -0.1) is 0 Å². The Balaban J connectivity index is 2.89. The molecule has 0 amide bonds. The van der Waals surface area contributed by atoms with Gasteiger partial charge in [-0.3, -0.25) is 0 Å². The third-order valence-corrected chi connectivity index (χ3v) is 1.47. The molecule has 0 heterocycles. The largest absolute Gasteiger partial charge is 0.388 e. The molecule has 13 heavy (non-hydrogen) atoms. The van der Waals surface area contributed by atoms with Gasteiger partial charge in [-0.1, -0.05) is 12.1 Å². The molecule has 1 aromatic rings. The van der Waals surface area contributed by atoms with Gasteiger partial charge < -0.3 is 10.8 Å². The number of halogens is 1. The number of aliphatic hydroxyl groups is 1. The lowest BCUT2D eigenvalue weighted by Crippen LogP contribution is -2.08. The summed E-state index contributed by atoms with van der Waals surface area (Å²) in [5.41, 5.74) is 5.66. The van der Waals surface area contributed by atoms with E-state index in [4.69, 9.17) is 5.73 Å². The van der Waals surface area contributed by atoms with Crippen LogP contribution in [0.1, 0.15) is 18.7 Å². The summed E-state index contributed by atoms with van der Waals surface area (Å²) in [4.78, 5) is 3.67. The zero-order chi connectivity index (χ0) is 9.84. The highest BCUT2D eigenvalue weighted by Crippen LogP contribution is 2.14. The predicted molar refractivity (Wildman–Crippen MR) is 48.7 cm³/mol. The maximum absolute atomic E-state index is 12.7. The fourth-order valence-corrected chi connectivity index (χ4v) is 0.935. The van der Waals surface area contributed by atoms with Gasteiger partial charge in [-0.25, -0.2) is 9.38 Å². The van der Waals surface area contributed by atoms with E-state index in [1.54, 1.807) is 13.0 Å². The number of aliphatic hydroxyl groups excluding tert-OH is 1. The highest BCUT2D eigenvalue weighted by atomic mass is 19.1. The normalized spacial score (nSPS) is 14.2. The number of hydrogen-bond acceptors (Lipinski definition) is 2. The molecule has 0 aromatic heterocycles. The lowest BCUT2D eigenvalue weighted by Gasteiger charge is -2.05. The van der Waals surface area contributed by atoms with Gasteiger partial charge in [0.05, 0.1) is 5.84 Å². The highest BCUT2D eigenvalue weighted by molar-refractivity contribution is 5.77. The molecule has 0 saturated heterocycles. The van der Waals surface area contributed by atoms with Crippen LogP contribution in [0, 0.1) is 5.82 Å². The summed E-state index contributed by atoms with van der Waals surface area (Å²) >= 11 is 0. The Bertz CT molecular complexity index is 321. The van der Waals surface area contributed by atoms with Crippen LogP contribution in [0.5, 0.6) is 0 Å². The molecular formula is C9H11FN2O.